The van der Waals surface area contributed by atoms with E-state index in [-0.39, 0.29) is 23.8 Å². The summed E-state index contributed by atoms with van der Waals surface area (Å²) in [7, 11) is 0. The average molecular weight is 700 g/mol. The second kappa shape index (κ2) is 15.6. The standard InChI is InChI=1S/C35H46O14/c1-7-19(2)17-20(3)13-14-25(37)47-28-27(38)33(48-29(30(39)40)34(45,31(41)42)35(28,49-33)32(43)44)16-15-21(4)26(46-23(6)36)22(5)18-24-11-9-8-10-12-24/h8-14,19-20,22,26-29,38,45H,4,7,15-18H2,1-3,5-6H3,(H,39,40)(H,41,42)(H,43,44)/b14-13+/t19-,20+,22+,26+,27+,28+,29+,33-,34+,35-/m0/s1/i7+1,13+1,15+1,17+1,23+1,25+1,26+1,28+1,33+1. The highest BCUT2D eigenvalue weighted by atomic mass is 16.9. The lowest BCUT2D eigenvalue weighted by molar-refractivity contribution is -0.374. The molecule has 2 bridgehead atoms. The Balaban J connectivity index is 2.02. The number of ether oxygens (including phenoxy) is 4. The molecule has 14 heteroatoms. The first-order valence-corrected chi connectivity index (χ1v) is 16.1. The molecule has 0 aliphatic carbocycles. The van der Waals surface area contributed by atoms with Crippen molar-refractivity contribution < 1.29 is 68.5 Å². The molecule has 5 N–H and O–H groups in total. The van der Waals surface area contributed by atoms with Gasteiger partial charge >= 0.3 is 29.8 Å². The number of carboxylic acids is 3. The molecular weight excluding hydrogens is 653 g/mol. The highest BCUT2D eigenvalue weighted by Gasteiger charge is 2.85. The number of carbonyl (C=O) groups is 5. The number of esters is 2. The monoisotopic (exact) mass is 699 g/mol. The minimum atomic E-state index is -3.90. The Kier molecular flexibility index (Phi) is 12.5. The highest BCUT2D eigenvalue weighted by molar-refractivity contribution is 5.98. The second-order valence-electron chi connectivity index (χ2n) is 13.1. The van der Waals surface area contributed by atoms with Gasteiger partial charge in [0.25, 0.3) is 0 Å². The van der Waals surface area contributed by atoms with Gasteiger partial charge < -0.3 is 44.5 Å². The molecule has 0 amide bonds. The fourth-order valence-corrected chi connectivity index (χ4v) is 6.58. The molecule has 0 aromatic heterocycles. The molecule has 14 nitrogen and oxygen atoms in total. The number of rotatable bonds is 17. The predicted octanol–water partition coefficient (Wildman–Crippen LogP) is 2.88. The molecule has 49 heavy (non-hydrogen) atoms. The van der Waals surface area contributed by atoms with E-state index in [0.717, 1.165) is 18.1 Å². The Morgan fingerprint density at radius 3 is 2.20 bits per heavy atom. The lowest BCUT2D eigenvalue weighted by Crippen LogP contribution is -2.78. The maximum absolute atomic E-state index is 13.0. The van der Waals surface area contributed by atoms with E-state index < -0.39 is 77.7 Å². The Morgan fingerprint density at radius 1 is 1.04 bits per heavy atom. The van der Waals surface area contributed by atoms with Crippen molar-refractivity contribution in [2.75, 3.05) is 0 Å². The fourth-order valence-electron chi connectivity index (χ4n) is 6.58. The molecule has 10 atom stereocenters. The lowest BCUT2D eigenvalue weighted by Gasteiger charge is -2.48. The molecule has 1 aromatic rings. The fraction of sp³-hybridized carbons (Fsp3) is 0.571. The van der Waals surface area contributed by atoms with Gasteiger partial charge in [-0.05, 0) is 42.2 Å². The van der Waals surface area contributed by atoms with Crippen molar-refractivity contribution in [1.29, 1.82) is 0 Å². The third-order valence-corrected chi connectivity index (χ3v) is 9.29. The van der Waals surface area contributed by atoms with E-state index >= 15 is 0 Å². The Labute approximate surface area is 284 Å². The van der Waals surface area contributed by atoms with Gasteiger partial charge in [-0.25, -0.2) is 19.2 Å². The SMILES string of the molecule is C=C([13CH2]C[13C@]12O[C@H](C(=O)O)[C@@](O)(C(=O)O)[C@](C(=O)O)(O1)[13C@H](O[13C](=O)/C=[13CH]/[C@@H](C)[13CH2][C@@H](C)[13CH2]C)[C@H]2O)[13C@@H](O[13C](C)=O)[C@H](C)Cc1ccccc1. The quantitative estimate of drug-likeness (QED) is 0.0683. The minimum Gasteiger partial charge on any atom is -0.479 e. The summed E-state index contributed by atoms with van der Waals surface area (Å²) in [5.74, 6) is -11.3. The smallest absolute Gasteiger partial charge is 0.344 e. The first-order valence-electron chi connectivity index (χ1n) is 16.1. The molecule has 0 unspecified atom stereocenters. The van der Waals surface area contributed by atoms with E-state index in [1.807, 2.05) is 51.1 Å². The van der Waals surface area contributed by atoms with Crippen molar-refractivity contribution in [1.82, 2.24) is 0 Å². The normalized spacial score (nSPS) is 30.1. The molecule has 2 saturated heterocycles. The van der Waals surface area contributed by atoms with Crippen LogP contribution in [-0.2, 0) is 49.3 Å². The van der Waals surface area contributed by atoms with E-state index in [4.69, 9.17) is 18.9 Å². The van der Waals surface area contributed by atoms with Crippen LogP contribution in [0.1, 0.15) is 65.9 Å². The maximum atomic E-state index is 13.0. The van der Waals surface area contributed by atoms with Crippen LogP contribution in [0.3, 0.4) is 0 Å². The van der Waals surface area contributed by atoms with E-state index in [2.05, 4.69) is 6.58 Å². The van der Waals surface area contributed by atoms with Crippen molar-refractivity contribution in [3.05, 3.63) is 60.2 Å². The molecule has 1 aromatic carbocycles. The molecule has 2 fully saturated rings. The number of benzene rings is 1. The molecule has 3 rings (SSSR count). The summed E-state index contributed by atoms with van der Waals surface area (Å²) in [4.78, 5) is 63.0. The topological polar surface area (TPSA) is 223 Å². The molecule has 2 heterocycles. The summed E-state index contributed by atoms with van der Waals surface area (Å²) in [6, 6.07) is 9.29. The van der Waals surface area contributed by atoms with Gasteiger partial charge in [0.1, 0.15) is 12.2 Å². The zero-order chi connectivity index (χ0) is 36.9. The van der Waals surface area contributed by atoms with Crippen LogP contribution in [-0.4, -0.2) is 96.8 Å². The molecular formula is C35H46O14. The average Bonchev–Trinajstić information content (AvgIpc) is 3.25. The van der Waals surface area contributed by atoms with Gasteiger partial charge in [-0.15, -0.1) is 0 Å². The van der Waals surface area contributed by atoms with Crippen LogP contribution in [0.25, 0.3) is 0 Å². The zero-order valence-electron chi connectivity index (χ0n) is 28.2. The van der Waals surface area contributed by atoms with E-state index in [0.29, 0.717) is 18.8 Å². The van der Waals surface area contributed by atoms with Crippen LogP contribution in [0.5, 0.6) is 0 Å². The Bertz CT molecular complexity index is 1440. The molecule has 0 spiro atoms. The van der Waals surface area contributed by atoms with E-state index in [1.54, 1.807) is 6.92 Å². The second-order valence-corrected chi connectivity index (χ2v) is 13.1. The van der Waals surface area contributed by atoms with Crippen LogP contribution >= 0.6 is 0 Å². The molecule has 2 aliphatic heterocycles. The third-order valence-electron chi connectivity index (χ3n) is 9.29. The summed E-state index contributed by atoms with van der Waals surface area (Å²) in [5, 5.41) is 53.5. The van der Waals surface area contributed by atoms with E-state index in [1.165, 1.54) is 13.0 Å². The summed E-state index contributed by atoms with van der Waals surface area (Å²) >= 11 is 0. The van der Waals surface area contributed by atoms with Gasteiger partial charge in [-0.3, -0.25) is 4.79 Å². The number of fused-ring (bicyclic) bond motifs is 2. The van der Waals surface area contributed by atoms with Crippen LogP contribution in [0, 0.1) is 17.8 Å². The highest BCUT2D eigenvalue weighted by Crippen LogP contribution is 2.56. The summed E-state index contributed by atoms with van der Waals surface area (Å²) in [6.45, 7) is 12.9. The van der Waals surface area contributed by atoms with Gasteiger partial charge in [0.05, 0.1) is 0 Å². The molecule has 0 saturated carbocycles. The first-order chi connectivity index (χ1) is 22.9. The van der Waals surface area contributed by atoms with Crippen molar-refractivity contribution in [3.8, 4) is 0 Å². The van der Waals surface area contributed by atoms with Crippen molar-refractivity contribution >= 4 is 29.8 Å². The van der Waals surface area contributed by atoms with Gasteiger partial charge in [0.15, 0.2) is 6.10 Å². The van der Waals surface area contributed by atoms with Gasteiger partial charge in [-0.2, -0.15) is 0 Å². The largest absolute Gasteiger partial charge is 0.479 e. The number of hydrogen-bond donors (Lipinski definition) is 5. The summed E-state index contributed by atoms with van der Waals surface area (Å²) in [6.07, 6.45) is -4.83. The van der Waals surface area contributed by atoms with Crippen molar-refractivity contribution in [2.45, 2.75) is 108 Å². The number of aliphatic hydroxyl groups excluding tert-OH is 1. The first kappa shape index (κ1) is 39.3. The number of aliphatic hydroxyl groups is 2. The molecule has 270 valence electrons. The number of carboxylic acid groups (broad SMARTS) is 3. The van der Waals surface area contributed by atoms with Crippen LogP contribution in [0.2, 0.25) is 0 Å². The van der Waals surface area contributed by atoms with Gasteiger partial charge in [0.2, 0.25) is 23.1 Å². The molecule has 0 radical (unpaired) electrons. The predicted molar refractivity (Wildman–Crippen MR) is 171 cm³/mol. The Hall–Kier alpha value is -4.11. The minimum absolute atomic E-state index is 0.123. The maximum Gasteiger partial charge on any atom is 0.344 e. The third kappa shape index (κ3) is 7.88. The van der Waals surface area contributed by atoms with Crippen molar-refractivity contribution in [3.63, 3.8) is 0 Å². The van der Waals surface area contributed by atoms with Crippen LogP contribution < -0.4 is 0 Å². The van der Waals surface area contributed by atoms with Crippen LogP contribution in [0.4, 0.5) is 0 Å². The van der Waals surface area contributed by atoms with Gasteiger partial charge in [-0.1, -0.05) is 77.1 Å². The number of aliphatic carboxylic acids is 3. The number of carbonyl (C=O) groups excluding carboxylic acids is 2. The molecule has 2 aliphatic rings. The Morgan fingerprint density at radius 2 is 1.67 bits per heavy atom. The van der Waals surface area contributed by atoms with E-state index in [9.17, 15) is 49.5 Å². The summed E-state index contributed by atoms with van der Waals surface area (Å²) < 4.78 is 22.0. The van der Waals surface area contributed by atoms with Gasteiger partial charge in [0, 0.05) is 25.3 Å². The number of allylic oxidation sites excluding steroid dienone is 1. The zero-order valence-corrected chi connectivity index (χ0v) is 28.2. The number of hydrogen-bond acceptors (Lipinski definition) is 11. The summed E-state index contributed by atoms with van der Waals surface area (Å²) in [5.41, 5.74) is -6.27. The van der Waals surface area contributed by atoms with Crippen molar-refractivity contribution in [2.24, 2.45) is 17.8 Å². The van der Waals surface area contributed by atoms with Crippen LogP contribution in [0.15, 0.2) is 54.6 Å². The lowest BCUT2D eigenvalue weighted by atomic mass is 9.81.